The maximum atomic E-state index is 13.0. The third kappa shape index (κ3) is 5.45. The van der Waals surface area contributed by atoms with E-state index in [1.807, 2.05) is 75.4 Å². The lowest BCUT2D eigenvalue weighted by atomic mass is 10.1. The summed E-state index contributed by atoms with van der Waals surface area (Å²) in [5, 5.41) is 2.91. The molecule has 0 aliphatic carbocycles. The monoisotopic (exact) mass is 352 g/mol. The molecular weight excluding hydrogens is 324 g/mol. The Bertz CT molecular complexity index is 741. The molecule has 26 heavy (non-hydrogen) atoms. The molecule has 0 aliphatic heterocycles. The van der Waals surface area contributed by atoms with Crippen LogP contribution in [0.15, 0.2) is 54.6 Å². The second kappa shape index (κ2) is 9.18. The van der Waals surface area contributed by atoms with E-state index in [0.29, 0.717) is 6.54 Å². The van der Waals surface area contributed by atoms with Crippen LogP contribution in [0.5, 0.6) is 0 Å². The SMILES string of the molecule is Cc1ccccc1CN(C(=O)Cc1ccccc1)C(C)C(=O)NC(C)C. The summed E-state index contributed by atoms with van der Waals surface area (Å²) in [7, 11) is 0. The molecule has 1 N–H and O–H groups in total. The second-order valence-corrected chi connectivity index (χ2v) is 6.95. The first kappa shape index (κ1) is 19.7. The number of carbonyl (C=O) groups excluding carboxylic acids is 2. The van der Waals surface area contributed by atoms with Crippen molar-refractivity contribution in [1.82, 2.24) is 10.2 Å². The molecular formula is C22H28N2O2. The number of nitrogens with one attached hydrogen (secondary N) is 1. The number of hydrogen-bond donors (Lipinski definition) is 1. The van der Waals surface area contributed by atoms with Crippen molar-refractivity contribution in [3.05, 3.63) is 71.3 Å². The average molecular weight is 352 g/mol. The van der Waals surface area contributed by atoms with E-state index in [2.05, 4.69) is 5.32 Å². The molecule has 4 heteroatoms. The van der Waals surface area contributed by atoms with Gasteiger partial charge in [-0.15, -0.1) is 0 Å². The fraction of sp³-hybridized carbons (Fsp3) is 0.364. The van der Waals surface area contributed by atoms with Crippen molar-refractivity contribution >= 4 is 11.8 Å². The normalized spacial score (nSPS) is 11.9. The van der Waals surface area contributed by atoms with Gasteiger partial charge in [-0.05, 0) is 44.4 Å². The summed E-state index contributed by atoms with van der Waals surface area (Å²) >= 11 is 0. The van der Waals surface area contributed by atoms with Gasteiger partial charge in [0, 0.05) is 12.6 Å². The highest BCUT2D eigenvalue weighted by Crippen LogP contribution is 2.15. The molecule has 0 fully saturated rings. The molecule has 2 aromatic carbocycles. The minimum Gasteiger partial charge on any atom is -0.352 e. The minimum absolute atomic E-state index is 0.0366. The zero-order valence-corrected chi connectivity index (χ0v) is 16.0. The maximum absolute atomic E-state index is 13.0. The zero-order valence-electron chi connectivity index (χ0n) is 16.0. The van der Waals surface area contributed by atoms with E-state index in [4.69, 9.17) is 0 Å². The van der Waals surface area contributed by atoms with Gasteiger partial charge < -0.3 is 10.2 Å². The molecule has 0 aromatic heterocycles. The average Bonchev–Trinajstić information content (AvgIpc) is 2.60. The molecule has 1 atom stereocenters. The van der Waals surface area contributed by atoms with Gasteiger partial charge in [0.15, 0.2) is 0 Å². The van der Waals surface area contributed by atoms with Gasteiger partial charge in [0.25, 0.3) is 0 Å². The highest BCUT2D eigenvalue weighted by molar-refractivity contribution is 5.88. The van der Waals surface area contributed by atoms with Gasteiger partial charge in [0.2, 0.25) is 11.8 Å². The first-order chi connectivity index (χ1) is 12.4. The Kier molecular flexibility index (Phi) is 6.96. The zero-order chi connectivity index (χ0) is 19.1. The van der Waals surface area contributed by atoms with Gasteiger partial charge in [-0.3, -0.25) is 9.59 Å². The Morgan fingerprint density at radius 1 is 0.962 bits per heavy atom. The van der Waals surface area contributed by atoms with Crippen LogP contribution in [0, 0.1) is 6.92 Å². The summed E-state index contributed by atoms with van der Waals surface area (Å²) < 4.78 is 0. The van der Waals surface area contributed by atoms with Crippen LogP contribution in [0.25, 0.3) is 0 Å². The third-order valence-corrected chi connectivity index (χ3v) is 4.40. The number of rotatable bonds is 7. The van der Waals surface area contributed by atoms with E-state index < -0.39 is 6.04 Å². The van der Waals surface area contributed by atoms with Crippen LogP contribution in [-0.2, 0) is 22.6 Å². The van der Waals surface area contributed by atoms with Gasteiger partial charge in [0.05, 0.1) is 6.42 Å². The molecule has 0 radical (unpaired) electrons. The van der Waals surface area contributed by atoms with Gasteiger partial charge in [-0.1, -0.05) is 54.6 Å². The topological polar surface area (TPSA) is 49.4 Å². The van der Waals surface area contributed by atoms with Crippen molar-refractivity contribution in [3.63, 3.8) is 0 Å². The molecule has 0 heterocycles. The van der Waals surface area contributed by atoms with Gasteiger partial charge in [0.1, 0.15) is 6.04 Å². The van der Waals surface area contributed by atoms with E-state index in [9.17, 15) is 9.59 Å². The van der Waals surface area contributed by atoms with Crippen molar-refractivity contribution in [3.8, 4) is 0 Å². The van der Waals surface area contributed by atoms with Crippen LogP contribution in [-0.4, -0.2) is 28.8 Å². The summed E-state index contributed by atoms with van der Waals surface area (Å²) in [6.07, 6.45) is 0.284. The second-order valence-electron chi connectivity index (χ2n) is 6.95. The largest absolute Gasteiger partial charge is 0.352 e. The van der Waals surface area contributed by atoms with Crippen LogP contribution in [0.3, 0.4) is 0 Å². The number of nitrogens with zero attached hydrogens (tertiary/aromatic N) is 1. The maximum Gasteiger partial charge on any atom is 0.242 e. The summed E-state index contributed by atoms with van der Waals surface area (Å²) in [6, 6.07) is 17.1. The van der Waals surface area contributed by atoms with Crippen LogP contribution < -0.4 is 5.32 Å². The lowest BCUT2D eigenvalue weighted by Crippen LogP contribution is -2.49. The fourth-order valence-corrected chi connectivity index (χ4v) is 2.83. The van der Waals surface area contributed by atoms with Crippen molar-refractivity contribution < 1.29 is 9.59 Å². The number of amides is 2. The minimum atomic E-state index is -0.534. The Balaban J connectivity index is 2.23. The standard InChI is InChI=1S/C22H28N2O2/c1-16(2)23-22(26)18(4)24(15-20-13-9-8-10-17(20)3)21(25)14-19-11-6-5-7-12-19/h5-13,16,18H,14-15H2,1-4H3,(H,23,26). The van der Waals surface area contributed by atoms with Gasteiger partial charge >= 0.3 is 0 Å². The Morgan fingerprint density at radius 2 is 1.58 bits per heavy atom. The molecule has 1 unspecified atom stereocenters. The highest BCUT2D eigenvalue weighted by atomic mass is 16.2. The summed E-state index contributed by atoms with van der Waals surface area (Å²) in [6.45, 7) is 8.07. The lowest BCUT2D eigenvalue weighted by Gasteiger charge is -2.30. The number of carbonyl (C=O) groups is 2. The summed E-state index contributed by atoms with van der Waals surface area (Å²) in [5.74, 6) is -0.180. The quantitative estimate of drug-likeness (QED) is 0.829. The molecule has 2 rings (SSSR count). The summed E-state index contributed by atoms with van der Waals surface area (Å²) in [4.78, 5) is 27.2. The van der Waals surface area contributed by atoms with Crippen LogP contribution >= 0.6 is 0 Å². The molecule has 0 bridgehead atoms. The van der Waals surface area contributed by atoms with Crippen LogP contribution in [0.4, 0.5) is 0 Å². The molecule has 2 aromatic rings. The van der Waals surface area contributed by atoms with E-state index >= 15 is 0 Å². The third-order valence-electron chi connectivity index (χ3n) is 4.40. The van der Waals surface area contributed by atoms with Crippen LogP contribution in [0.2, 0.25) is 0 Å². The van der Waals surface area contributed by atoms with Crippen molar-refractivity contribution in [2.45, 2.75) is 52.7 Å². The highest BCUT2D eigenvalue weighted by Gasteiger charge is 2.26. The van der Waals surface area contributed by atoms with Gasteiger partial charge in [-0.2, -0.15) is 0 Å². The lowest BCUT2D eigenvalue weighted by molar-refractivity contribution is -0.140. The summed E-state index contributed by atoms with van der Waals surface area (Å²) in [5.41, 5.74) is 3.11. The van der Waals surface area contributed by atoms with E-state index in [1.165, 1.54) is 0 Å². The molecule has 0 aliphatic rings. The van der Waals surface area contributed by atoms with Crippen molar-refractivity contribution in [2.75, 3.05) is 0 Å². The Hall–Kier alpha value is -2.62. The van der Waals surface area contributed by atoms with E-state index in [-0.39, 0.29) is 24.3 Å². The molecule has 0 saturated heterocycles. The number of aryl methyl sites for hydroxylation is 1. The molecule has 2 amide bonds. The fourth-order valence-electron chi connectivity index (χ4n) is 2.83. The van der Waals surface area contributed by atoms with Crippen molar-refractivity contribution in [2.24, 2.45) is 0 Å². The molecule has 138 valence electrons. The van der Waals surface area contributed by atoms with Crippen LogP contribution in [0.1, 0.15) is 37.5 Å². The first-order valence-corrected chi connectivity index (χ1v) is 9.06. The van der Waals surface area contributed by atoms with E-state index in [0.717, 1.165) is 16.7 Å². The number of benzene rings is 2. The van der Waals surface area contributed by atoms with E-state index in [1.54, 1.807) is 11.8 Å². The molecule has 4 nitrogen and oxygen atoms in total. The predicted octanol–water partition coefficient (Wildman–Crippen LogP) is 3.48. The Morgan fingerprint density at radius 3 is 2.19 bits per heavy atom. The Labute approximate surface area is 156 Å². The van der Waals surface area contributed by atoms with Gasteiger partial charge in [-0.25, -0.2) is 0 Å². The number of hydrogen-bond acceptors (Lipinski definition) is 2. The smallest absolute Gasteiger partial charge is 0.242 e. The molecule has 0 saturated carbocycles. The van der Waals surface area contributed by atoms with Crippen molar-refractivity contribution in [1.29, 1.82) is 0 Å². The first-order valence-electron chi connectivity index (χ1n) is 9.06. The predicted molar refractivity (Wildman–Crippen MR) is 105 cm³/mol. The molecule has 0 spiro atoms.